The number of amidine groups is 1. The molecule has 1 fully saturated rings. The number of guanidine groups is 3. The van der Waals surface area contributed by atoms with E-state index in [2.05, 4.69) is 69.1 Å². The summed E-state index contributed by atoms with van der Waals surface area (Å²) in [6.45, 7) is 2.27. The molecule has 5 aromatic carbocycles. The summed E-state index contributed by atoms with van der Waals surface area (Å²) in [5.74, 6) is -11.7. The number of Topliss-reactive ketones (excluding diaryl/α,β-unsaturated/α-hetero) is 1. The van der Waals surface area contributed by atoms with Gasteiger partial charge in [0.1, 0.15) is 42.9 Å². The molecule has 9 unspecified atom stereocenters. The minimum Gasteiger partial charge on any atom is -0.388 e. The lowest BCUT2D eigenvalue weighted by Gasteiger charge is -2.28. The summed E-state index contributed by atoms with van der Waals surface area (Å²) < 4.78 is 5.44. The fraction of sp³-hybridized carbons (Fsp3) is 0.463. The van der Waals surface area contributed by atoms with Crippen LogP contribution in [0.25, 0.3) is 10.8 Å². The van der Waals surface area contributed by atoms with E-state index in [0.29, 0.717) is 35.1 Å². The van der Waals surface area contributed by atoms with Gasteiger partial charge in [0.05, 0.1) is 18.5 Å². The highest BCUT2D eigenvalue weighted by Crippen LogP contribution is 2.23. The second-order valence-corrected chi connectivity index (χ2v) is 29.0. The number of rotatable bonds is 40. The van der Waals surface area contributed by atoms with Crippen LogP contribution in [0.15, 0.2) is 127 Å². The van der Waals surface area contributed by atoms with Crippen molar-refractivity contribution in [1.29, 1.82) is 21.6 Å². The zero-order chi connectivity index (χ0) is 85.0. The summed E-state index contributed by atoms with van der Waals surface area (Å²) >= 11 is 0. The minimum absolute atomic E-state index is 0.0116. The largest absolute Gasteiger partial charge is 0.388 e. The number of hydrogen-bond donors (Lipinski definition) is 22. The molecular formula is C82H116N22O13. The second-order valence-electron chi connectivity index (χ2n) is 29.0. The van der Waals surface area contributed by atoms with Crippen molar-refractivity contribution >= 4 is 105 Å². The Labute approximate surface area is 681 Å². The number of aryl methyl sites for hydroxylation is 1. The SMILES string of the molecule is CCc1ccc(C(=O)NCCOCC(=O)NCCCCC(NC(=O)CCC2NC(=O)C(CCCNC(=N)N)NC(=O)CC(CCCNC(=N)N)NC(=O)C(CCCNC(=N)N)NC(=O)C(CCCCC(=N)N)NC(=O)C(Cc3ccc4ccccc4c3)CC(=O)C(Cc3ccccc3)NC(=O)C(Cc3ccccc3)NC2=O)C(N)=O)cc1. The van der Waals surface area contributed by atoms with Crippen molar-refractivity contribution in [1.82, 2.24) is 69.1 Å². The quantitative estimate of drug-likeness (QED) is 0.0145. The molecule has 1 aliphatic heterocycles. The first kappa shape index (κ1) is 93.3. The van der Waals surface area contributed by atoms with Gasteiger partial charge in [-0.05, 0) is 141 Å². The zero-order valence-electron chi connectivity index (χ0n) is 66.3. The van der Waals surface area contributed by atoms with Gasteiger partial charge in [-0.15, -0.1) is 0 Å². The summed E-state index contributed by atoms with van der Waals surface area (Å²) in [4.78, 5) is 174. The third-order valence-corrected chi connectivity index (χ3v) is 19.5. The number of fused-ring (bicyclic) bond motifs is 1. The molecule has 0 bridgehead atoms. The van der Waals surface area contributed by atoms with Gasteiger partial charge in [-0.25, -0.2) is 0 Å². The van der Waals surface area contributed by atoms with Gasteiger partial charge in [-0.1, -0.05) is 129 Å². The van der Waals surface area contributed by atoms with E-state index >= 15 is 28.8 Å². The highest BCUT2D eigenvalue weighted by molar-refractivity contribution is 5.99. The van der Waals surface area contributed by atoms with Gasteiger partial charge in [0, 0.05) is 82.4 Å². The first-order valence-electron chi connectivity index (χ1n) is 39.7. The smallest absolute Gasteiger partial charge is 0.251 e. The van der Waals surface area contributed by atoms with Crippen molar-refractivity contribution in [2.24, 2.45) is 34.6 Å². The van der Waals surface area contributed by atoms with Gasteiger partial charge >= 0.3 is 0 Å². The number of ether oxygens (including phenoxy) is 1. The Morgan fingerprint density at radius 3 is 1.51 bits per heavy atom. The van der Waals surface area contributed by atoms with Crippen LogP contribution in [-0.2, 0) is 83.2 Å². The molecule has 1 saturated heterocycles. The predicted octanol–water partition coefficient (Wildman–Crippen LogP) is 0.572. The van der Waals surface area contributed by atoms with Crippen LogP contribution < -0.4 is 97.8 Å². The number of carbonyl (C=O) groups excluding carboxylic acids is 12. The molecule has 0 spiro atoms. The van der Waals surface area contributed by atoms with Crippen molar-refractivity contribution in [2.45, 2.75) is 190 Å². The van der Waals surface area contributed by atoms with Crippen LogP contribution in [0.4, 0.5) is 0 Å². The van der Waals surface area contributed by atoms with Gasteiger partial charge in [-0.2, -0.15) is 0 Å². The van der Waals surface area contributed by atoms with E-state index in [9.17, 15) is 28.8 Å². The Hall–Kier alpha value is -12.6. The van der Waals surface area contributed by atoms with Gasteiger partial charge in [0.25, 0.3) is 5.91 Å². The van der Waals surface area contributed by atoms with Gasteiger partial charge in [0.15, 0.2) is 23.7 Å². The van der Waals surface area contributed by atoms with Crippen molar-refractivity contribution < 1.29 is 62.3 Å². The van der Waals surface area contributed by atoms with Crippen molar-refractivity contribution in [3.8, 4) is 0 Å². The van der Waals surface area contributed by atoms with Crippen LogP contribution in [0, 0.1) is 27.6 Å². The number of nitrogens with one attached hydrogen (secondary N) is 17. The average Bonchev–Trinajstić information content (AvgIpc) is 0.982. The molecule has 5 aromatic rings. The number of primary amides is 1. The third kappa shape index (κ3) is 35.8. The normalized spacial score (nSPS) is 19.0. The van der Waals surface area contributed by atoms with Crippen LogP contribution in [0.1, 0.15) is 149 Å². The van der Waals surface area contributed by atoms with E-state index in [-0.39, 0.29) is 159 Å². The summed E-state index contributed by atoms with van der Waals surface area (Å²) in [5.41, 5.74) is 31.8. The van der Waals surface area contributed by atoms with Crippen LogP contribution in [-0.4, -0.2) is 189 Å². The first-order chi connectivity index (χ1) is 56.1. The number of carbonyl (C=O) groups is 12. The summed E-state index contributed by atoms with van der Waals surface area (Å²) in [6, 6.07) is 26.1. The Balaban J connectivity index is 1.37. The molecule has 117 heavy (non-hydrogen) atoms. The monoisotopic (exact) mass is 1620 g/mol. The molecule has 0 aliphatic carbocycles. The maximum Gasteiger partial charge on any atom is 0.251 e. The molecule has 35 heteroatoms. The molecule has 27 N–H and O–H groups in total. The molecule has 35 nitrogen and oxygen atoms in total. The number of unbranched alkanes of at least 4 members (excludes halogenated alkanes) is 2. The molecule has 9 atom stereocenters. The van der Waals surface area contributed by atoms with Crippen LogP contribution in [0.5, 0.6) is 0 Å². The van der Waals surface area contributed by atoms with Crippen molar-refractivity contribution in [3.05, 3.63) is 155 Å². The van der Waals surface area contributed by atoms with Gasteiger partial charge in [-0.3, -0.25) is 79.2 Å². The topological polar surface area (TPSA) is 596 Å². The predicted molar refractivity (Wildman–Crippen MR) is 443 cm³/mol. The molecule has 0 saturated carbocycles. The maximum atomic E-state index is 15.6. The Morgan fingerprint density at radius 1 is 0.436 bits per heavy atom. The fourth-order valence-corrected chi connectivity index (χ4v) is 13.2. The second kappa shape index (κ2) is 50.6. The average molecular weight is 1620 g/mol. The number of ketones is 1. The lowest BCUT2D eigenvalue weighted by molar-refractivity contribution is -0.136. The Morgan fingerprint density at radius 2 is 0.932 bits per heavy atom. The fourth-order valence-electron chi connectivity index (χ4n) is 13.2. The molecule has 0 aromatic heterocycles. The molecule has 632 valence electrons. The third-order valence-electron chi connectivity index (χ3n) is 19.5. The molecule has 6 rings (SSSR count). The molecular weight excluding hydrogens is 1500 g/mol. The van der Waals surface area contributed by atoms with Crippen LogP contribution in [0.2, 0.25) is 0 Å². The molecule has 1 aliphatic rings. The summed E-state index contributed by atoms with van der Waals surface area (Å²) in [6.07, 6.45) is -0.383. The van der Waals surface area contributed by atoms with E-state index in [4.69, 9.17) is 55.0 Å². The standard InChI is InChI=1S/C82H116N22O13/c1-2-51-30-34-56(35-31-51)73(110)93-42-43-117-50-71(108)92-38-14-13-25-60(72(85)109)98-69(106)37-36-64-78(115)104-66(47-53-20-7-4-8-21-53)79(116)103-65(46-52-18-5-3-6-19-52)67(105)48-58(45-54-32-33-55-22-9-10-23-57(55)44-54)74(111)100-62(26-11-12-29-68(83)84)77(114)101-63(28-17-41-96-82(90)91)75(112)97-59(24-15-39-94-80(86)87)49-70(107)99-61(76(113)102-64)27-16-40-95-81(88)89/h3-10,18-23,30-35,44,58-66H,2,11-17,24-29,36-43,45-50H2,1H3,(H3,83,84)(H2,85,109)(H,92,108)(H,93,110)(H,97,112)(H,98,106)(H,99,107)(H,100,111)(H,101,114)(H,102,113)(H,103,116)(H,104,115)(H4,86,87,94)(H4,88,89,95)(H4,90,91,96). The Kier molecular flexibility index (Phi) is 40.4. The first-order valence-corrected chi connectivity index (χ1v) is 39.7. The highest BCUT2D eigenvalue weighted by atomic mass is 16.5. The maximum absolute atomic E-state index is 15.6. The minimum atomic E-state index is -1.73. The van der Waals surface area contributed by atoms with Crippen molar-refractivity contribution in [3.63, 3.8) is 0 Å². The molecule has 0 radical (unpaired) electrons. The summed E-state index contributed by atoms with van der Waals surface area (Å²) in [7, 11) is 0. The zero-order valence-corrected chi connectivity index (χ0v) is 66.3. The van der Waals surface area contributed by atoms with Gasteiger partial charge < -0.3 is 103 Å². The van der Waals surface area contributed by atoms with Gasteiger partial charge in [0.2, 0.25) is 59.1 Å². The van der Waals surface area contributed by atoms with E-state index in [1.807, 2.05) is 61.5 Å². The number of amides is 11. The highest BCUT2D eigenvalue weighted by Gasteiger charge is 2.37. The van der Waals surface area contributed by atoms with E-state index in [1.54, 1.807) is 72.8 Å². The number of nitrogens with two attached hydrogens (primary N) is 5. The molecule has 11 amide bonds. The van der Waals surface area contributed by atoms with E-state index in [0.717, 1.165) is 22.8 Å². The number of benzene rings is 5. The summed E-state index contributed by atoms with van der Waals surface area (Å²) in [5, 5.41) is 68.8. The van der Waals surface area contributed by atoms with Crippen molar-refractivity contribution in [2.75, 3.05) is 45.9 Å². The van der Waals surface area contributed by atoms with E-state index < -0.39 is 151 Å². The lowest BCUT2D eigenvalue weighted by Crippen LogP contribution is -2.58. The number of hydrogen-bond acceptors (Lipinski definition) is 17. The molecule has 1 heterocycles. The lowest BCUT2D eigenvalue weighted by atomic mass is 9.88. The van der Waals surface area contributed by atoms with E-state index in [1.165, 1.54) is 0 Å². The Bertz CT molecular complexity index is 4180. The van der Waals surface area contributed by atoms with Crippen LogP contribution in [0.3, 0.4) is 0 Å². The van der Waals surface area contributed by atoms with Crippen LogP contribution >= 0.6 is 0 Å².